The van der Waals surface area contributed by atoms with Crippen LogP contribution < -0.4 is 5.73 Å². The van der Waals surface area contributed by atoms with Crippen molar-refractivity contribution in [3.8, 4) is 0 Å². The van der Waals surface area contributed by atoms with Crippen LogP contribution >= 0.6 is 0 Å². The minimum absolute atomic E-state index is 0.236. The van der Waals surface area contributed by atoms with Crippen LogP contribution in [0.4, 0.5) is 0 Å². The van der Waals surface area contributed by atoms with Gasteiger partial charge in [0.15, 0.2) is 0 Å². The number of aromatic nitrogens is 1. The number of nitrogens with zero attached hydrogens (tertiary/aromatic N) is 2. The summed E-state index contributed by atoms with van der Waals surface area (Å²) in [6.07, 6.45) is 9.01. The Kier molecular flexibility index (Phi) is 4.78. The summed E-state index contributed by atoms with van der Waals surface area (Å²) in [5, 5.41) is 0. The Morgan fingerprint density at radius 2 is 1.95 bits per heavy atom. The van der Waals surface area contributed by atoms with Crippen LogP contribution in [0.5, 0.6) is 0 Å². The van der Waals surface area contributed by atoms with Crippen molar-refractivity contribution < 1.29 is 8.42 Å². The SMILES string of the molecule is CN(C1(CN)CCCCCC1)S(=O)(=O)c1cccnc1. The summed E-state index contributed by atoms with van der Waals surface area (Å²) in [5.74, 6) is 0. The van der Waals surface area contributed by atoms with Gasteiger partial charge in [0.25, 0.3) is 0 Å². The molecular formula is C14H23N3O2S. The number of sulfonamides is 1. The molecule has 2 N–H and O–H groups in total. The molecule has 1 saturated carbocycles. The summed E-state index contributed by atoms with van der Waals surface area (Å²) in [7, 11) is -1.88. The zero-order valence-electron chi connectivity index (χ0n) is 12.0. The summed E-state index contributed by atoms with van der Waals surface area (Å²) < 4.78 is 27.0. The second kappa shape index (κ2) is 6.20. The van der Waals surface area contributed by atoms with Gasteiger partial charge in [-0.3, -0.25) is 4.98 Å². The summed E-state index contributed by atoms with van der Waals surface area (Å²) in [6.45, 7) is 0.364. The number of likely N-dealkylation sites (N-methyl/N-ethyl adjacent to an activating group) is 1. The molecule has 0 spiro atoms. The number of hydrogen-bond acceptors (Lipinski definition) is 4. The molecule has 1 fully saturated rings. The van der Waals surface area contributed by atoms with E-state index in [4.69, 9.17) is 5.73 Å². The normalized spacial score (nSPS) is 19.8. The van der Waals surface area contributed by atoms with Gasteiger partial charge in [0.05, 0.1) is 0 Å². The predicted octanol–water partition coefficient (Wildman–Crippen LogP) is 1.75. The lowest BCUT2D eigenvalue weighted by Crippen LogP contribution is -2.54. The Hall–Kier alpha value is -0.980. The van der Waals surface area contributed by atoms with Gasteiger partial charge in [-0.2, -0.15) is 4.31 Å². The zero-order valence-corrected chi connectivity index (χ0v) is 12.8. The summed E-state index contributed by atoms with van der Waals surface area (Å²) >= 11 is 0. The molecule has 1 aliphatic carbocycles. The van der Waals surface area contributed by atoms with Crippen LogP contribution in [-0.4, -0.2) is 36.8 Å². The molecule has 5 nitrogen and oxygen atoms in total. The van der Waals surface area contributed by atoms with Gasteiger partial charge in [0, 0.05) is 31.5 Å². The Bertz CT molecular complexity index is 523. The molecule has 1 aliphatic rings. The Labute approximate surface area is 121 Å². The largest absolute Gasteiger partial charge is 0.329 e. The van der Waals surface area contributed by atoms with Crippen LogP contribution in [0.1, 0.15) is 38.5 Å². The standard InChI is InChI=1S/C14H23N3O2S/c1-17(14(12-15)8-4-2-3-5-9-14)20(18,19)13-7-6-10-16-11-13/h6-7,10-11H,2-5,8-9,12,15H2,1H3. The number of pyridine rings is 1. The maximum atomic E-state index is 12.7. The van der Waals surface area contributed by atoms with E-state index >= 15 is 0 Å². The molecule has 0 radical (unpaired) electrons. The van der Waals surface area contributed by atoms with E-state index in [2.05, 4.69) is 4.98 Å². The van der Waals surface area contributed by atoms with Gasteiger partial charge >= 0.3 is 0 Å². The quantitative estimate of drug-likeness (QED) is 0.859. The lowest BCUT2D eigenvalue weighted by Gasteiger charge is -2.39. The fourth-order valence-corrected chi connectivity index (χ4v) is 4.47. The van der Waals surface area contributed by atoms with E-state index in [1.807, 2.05) is 0 Å². The van der Waals surface area contributed by atoms with Crippen molar-refractivity contribution in [1.29, 1.82) is 0 Å². The molecule has 0 amide bonds. The van der Waals surface area contributed by atoms with Crippen LogP contribution in [0.15, 0.2) is 29.4 Å². The van der Waals surface area contributed by atoms with Crippen LogP contribution in [0.25, 0.3) is 0 Å². The van der Waals surface area contributed by atoms with Crippen molar-refractivity contribution in [2.75, 3.05) is 13.6 Å². The number of nitrogens with two attached hydrogens (primary N) is 1. The van der Waals surface area contributed by atoms with Gasteiger partial charge in [0.1, 0.15) is 4.90 Å². The van der Waals surface area contributed by atoms with Crippen LogP contribution in [-0.2, 0) is 10.0 Å². The van der Waals surface area contributed by atoms with Gasteiger partial charge in [-0.05, 0) is 25.0 Å². The number of hydrogen-bond donors (Lipinski definition) is 1. The molecule has 0 aliphatic heterocycles. The van der Waals surface area contributed by atoms with E-state index in [1.54, 1.807) is 25.4 Å². The lowest BCUT2D eigenvalue weighted by atomic mass is 9.90. The average molecular weight is 297 g/mol. The van der Waals surface area contributed by atoms with E-state index in [0.29, 0.717) is 6.54 Å². The fourth-order valence-electron chi connectivity index (χ4n) is 2.95. The van der Waals surface area contributed by atoms with E-state index in [-0.39, 0.29) is 4.90 Å². The van der Waals surface area contributed by atoms with Crippen LogP contribution in [0.2, 0.25) is 0 Å². The first-order valence-electron chi connectivity index (χ1n) is 7.12. The highest BCUT2D eigenvalue weighted by atomic mass is 32.2. The molecule has 6 heteroatoms. The van der Waals surface area contributed by atoms with E-state index in [9.17, 15) is 8.42 Å². The van der Waals surface area contributed by atoms with Gasteiger partial charge in [-0.25, -0.2) is 8.42 Å². The maximum Gasteiger partial charge on any atom is 0.244 e. The smallest absolute Gasteiger partial charge is 0.244 e. The predicted molar refractivity (Wildman–Crippen MR) is 78.7 cm³/mol. The molecule has 0 aromatic carbocycles. The molecule has 2 rings (SSSR count). The highest BCUT2D eigenvalue weighted by Crippen LogP contribution is 2.34. The van der Waals surface area contributed by atoms with E-state index in [0.717, 1.165) is 38.5 Å². The van der Waals surface area contributed by atoms with Gasteiger partial charge in [-0.15, -0.1) is 0 Å². The minimum Gasteiger partial charge on any atom is -0.329 e. The van der Waals surface area contributed by atoms with Gasteiger partial charge in [-0.1, -0.05) is 25.7 Å². The first kappa shape index (κ1) is 15.4. The van der Waals surface area contributed by atoms with E-state index in [1.165, 1.54) is 10.5 Å². The Morgan fingerprint density at radius 1 is 1.30 bits per heavy atom. The summed E-state index contributed by atoms with van der Waals surface area (Å²) in [6, 6.07) is 3.22. The number of rotatable bonds is 4. The molecule has 1 heterocycles. The first-order valence-corrected chi connectivity index (χ1v) is 8.56. The lowest BCUT2D eigenvalue weighted by molar-refractivity contribution is 0.196. The molecule has 1 aromatic rings. The first-order chi connectivity index (χ1) is 9.53. The molecule has 0 unspecified atom stereocenters. The van der Waals surface area contributed by atoms with Crippen molar-refractivity contribution in [2.24, 2.45) is 5.73 Å². The van der Waals surface area contributed by atoms with Crippen molar-refractivity contribution >= 4 is 10.0 Å². The van der Waals surface area contributed by atoms with E-state index < -0.39 is 15.6 Å². The molecule has 0 atom stereocenters. The van der Waals surface area contributed by atoms with Crippen LogP contribution in [0, 0.1) is 0 Å². The van der Waals surface area contributed by atoms with Crippen molar-refractivity contribution in [3.05, 3.63) is 24.5 Å². The third-order valence-electron chi connectivity index (χ3n) is 4.38. The Morgan fingerprint density at radius 3 is 2.45 bits per heavy atom. The molecule has 1 aromatic heterocycles. The molecule has 20 heavy (non-hydrogen) atoms. The molecular weight excluding hydrogens is 274 g/mol. The zero-order chi connectivity index (χ0) is 14.6. The van der Waals surface area contributed by atoms with Gasteiger partial charge < -0.3 is 5.73 Å². The van der Waals surface area contributed by atoms with Crippen molar-refractivity contribution in [3.63, 3.8) is 0 Å². The monoisotopic (exact) mass is 297 g/mol. The second-order valence-electron chi connectivity index (χ2n) is 5.50. The molecule has 0 bridgehead atoms. The minimum atomic E-state index is -3.53. The average Bonchev–Trinajstić information content (AvgIpc) is 2.73. The Balaban J connectivity index is 2.34. The summed E-state index contributed by atoms with van der Waals surface area (Å²) in [5.41, 5.74) is 5.51. The fraction of sp³-hybridized carbons (Fsp3) is 0.643. The summed E-state index contributed by atoms with van der Waals surface area (Å²) in [4.78, 5) is 4.14. The maximum absolute atomic E-state index is 12.7. The highest BCUT2D eigenvalue weighted by Gasteiger charge is 2.40. The van der Waals surface area contributed by atoms with Crippen molar-refractivity contribution in [2.45, 2.75) is 49.0 Å². The topological polar surface area (TPSA) is 76.3 Å². The second-order valence-corrected chi connectivity index (χ2v) is 7.47. The highest BCUT2D eigenvalue weighted by molar-refractivity contribution is 7.89. The third-order valence-corrected chi connectivity index (χ3v) is 6.32. The van der Waals surface area contributed by atoms with Crippen molar-refractivity contribution in [1.82, 2.24) is 9.29 Å². The van der Waals surface area contributed by atoms with Gasteiger partial charge in [0.2, 0.25) is 10.0 Å². The third kappa shape index (κ3) is 2.87. The van der Waals surface area contributed by atoms with Crippen LogP contribution in [0.3, 0.4) is 0 Å². The molecule has 0 saturated heterocycles. The molecule has 112 valence electrons.